The predicted molar refractivity (Wildman–Crippen MR) is 85.1 cm³/mol. The van der Waals surface area contributed by atoms with Crippen molar-refractivity contribution in [2.24, 2.45) is 11.8 Å². The van der Waals surface area contributed by atoms with E-state index in [-0.39, 0.29) is 12.5 Å². The van der Waals surface area contributed by atoms with Crippen LogP contribution in [0.2, 0.25) is 0 Å². The van der Waals surface area contributed by atoms with Crippen molar-refractivity contribution in [2.45, 2.75) is 52.2 Å². The van der Waals surface area contributed by atoms with Gasteiger partial charge in [-0.1, -0.05) is 33.8 Å². The lowest BCUT2D eigenvalue weighted by Crippen LogP contribution is -2.32. The monoisotopic (exact) mass is 305 g/mol. The third-order valence-electron chi connectivity index (χ3n) is 4.55. The fraction of sp³-hybridized carbons (Fsp3) is 0.706. The van der Waals surface area contributed by atoms with Crippen LogP contribution < -0.4 is 10.6 Å². The molecule has 0 bridgehead atoms. The van der Waals surface area contributed by atoms with Crippen LogP contribution in [0.5, 0.6) is 0 Å². The van der Waals surface area contributed by atoms with E-state index in [0.717, 1.165) is 24.6 Å². The van der Waals surface area contributed by atoms with E-state index in [1.165, 1.54) is 0 Å². The van der Waals surface area contributed by atoms with Crippen molar-refractivity contribution < 1.29 is 9.47 Å². The van der Waals surface area contributed by atoms with Gasteiger partial charge in [-0.2, -0.15) is 0 Å². The molecule has 2 saturated heterocycles. The van der Waals surface area contributed by atoms with Gasteiger partial charge in [0.2, 0.25) is 0 Å². The van der Waals surface area contributed by atoms with Crippen LogP contribution in [-0.4, -0.2) is 30.3 Å². The molecule has 4 atom stereocenters. The zero-order valence-corrected chi connectivity index (χ0v) is 13.9. The second kappa shape index (κ2) is 6.62. The van der Waals surface area contributed by atoms with E-state index in [1.807, 2.05) is 18.2 Å². The molecule has 0 saturated carbocycles. The Morgan fingerprint density at radius 1 is 0.909 bits per heavy atom. The third kappa shape index (κ3) is 3.33. The topological polar surface area (TPSA) is 55.4 Å². The quantitative estimate of drug-likeness (QED) is 0.894. The first-order valence-electron chi connectivity index (χ1n) is 8.26. The van der Waals surface area contributed by atoms with Gasteiger partial charge in [0.1, 0.15) is 0 Å². The SMILES string of the molecule is CC(C)[C@H]1COC(c2cccc(C3N[C@@H](C(C)C)CO3)n2)N1. The molecule has 22 heavy (non-hydrogen) atoms. The maximum absolute atomic E-state index is 5.86. The summed E-state index contributed by atoms with van der Waals surface area (Å²) < 4.78 is 11.7. The third-order valence-corrected chi connectivity index (χ3v) is 4.55. The highest BCUT2D eigenvalue weighted by atomic mass is 16.5. The van der Waals surface area contributed by atoms with E-state index < -0.39 is 0 Å². The maximum Gasteiger partial charge on any atom is 0.151 e. The summed E-state index contributed by atoms with van der Waals surface area (Å²) in [7, 11) is 0. The van der Waals surface area contributed by atoms with E-state index in [2.05, 4.69) is 38.3 Å². The summed E-state index contributed by atoms with van der Waals surface area (Å²) in [4.78, 5) is 4.75. The van der Waals surface area contributed by atoms with E-state index in [1.54, 1.807) is 0 Å². The molecule has 5 nitrogen and oxygen atoms in total. The Balaban J connectivity index is 1.69. The maximum atomic E-state index is 5.86. The molecule has 1 aromatic heterocycles. The van der Waals surface area contributed by atoms with Gasteiger partial charge in [-0.15, -0.1) is 0 Å². The fourth-order valence-electron chi connectivity index (χ4n) is 2.85. The second-order valence-electron chi connectivity index (χ2n) is 6.95. The largest absolute Gasteiger partial charge is 0.356 e. The minimum absolute atomic E-state index is 0.116. The predicted octanol–water partition coefficient (Wildman–Crippen LogP) is 2.37. The number of ether oxygens (including phenoxy) is 2. The summed E-state index contributed by atoms with van der Waals surface area (Å²) in [6, 6.07) is 6.83. The lowest BCUT2D eigenvalue weighted by atomic mass is 10.1. The van der Waals surface area contributed by atoms with Crippen LogP contribution in [0.25, 0.3) is 0 Å². The smallest absolute Gasteiger partial charge is 0.151 e. The molecule has 0 spiro atoms. The Bertz CT molecular complexity index is 465. The fourth-order valence-corrected chi connectivity index (χ4v) is 2.85. The molecule has 3 rings (SSSR count). The van der Waals surface area contributed by atoms with Gasteiger partial charge in [-0.05, 0) is 24.0 Å². The highest BCUT2D eigenvalue weighted by Crippen LogP contribution is 2.26. The van der Waals surface area contributed by atoms with Crippen molar-refractivity contribution in [3.05, 3.63) is 29.6 Å². The summed E-state index contributed by atoms with van der Waals surface area (Å²) in [6.07, 6.45) is -0.232. The average Bonchev–Trinajstić information content (AvgIpc) is 3.17. The van der Waals surface area contributed by atoms with Crippen LogP contribution in [0.3, 0.4) is 0 Å². The summed E-state index contributed by atoms with van der Waals surface area (Å²) in [6.45, 7) is 10.3. The molecule has 2 N–H and O–H groups in total. The van der Waals surface area contributed by atoms with E-state index in [4.69, 9.17) is 14.5 Å². The van der Waals surface area contributed by atoms with Gasteiger partial charge in [0.05, 0.1) is 24.6 Å². The Labute approximate surface area is 132 Å². The molecular formula is C17H27N3O2. The molecule has 122 valence electrons. The Kier molecular flexibility index (Phi) is 4.78. The normalized spacial score (nSPS) is 32.3. The van der Waals surface area contributed by atoms with Crippen molar-refractivity contribution >= 4 is 0 Å². The van der Waals surface area contributed by atoms with E-state index in [9.17, 15) is 0 Å². The Morgan fingerprint density at radius 3 is 1.73 bits per heavy atom. The first-order valence-corrected chi connectivity index (χ1v) is 8.26. The van der Waals surface area contributed by atoms with Crippen LogP contribution in [0.1, 0.15) is 51.5 Å². The number of rotatable bonds is 4. The van der Waals surface area contributed by atoms with Gasteiger partial charge < -0.3 is 9.47 Å². The molecule has 2 fully saturated rings. The molecule has 0 aromatic carbocycles. The van der Waals surface area contributed by atoms with Crippen LogP contribution in [0.4, 0.5) is 0 Å². The first-order chi connectivity index (χ1) is 10.5. The molecule has 2 aliphatic rings. The number of nitrogens with zero attached hydrogens (tertiary/aromatic N) is 1. The Morgan fingerprint density at radius 2 is 1.36 bits per heavy atom. The van der Waals surface area contributed by atoms with Crippen molar-refractivity contribution in [2.75, 3.05) is 13.2 Å². The molecule has 0 aliphatic carbocycles. The van der Waals surface area contributed by atoms with Crippen molar-refractivity contribution in [1.82, 2.24) is 15.6 Å². The highest BCUT2D eigenvalue weighted by Gasteiger charge is 2.31. The highest BCUT2D eigenvalue weighted by molar-refractivity contribution is 5.16. The summed E-state index contributed by atoms with van der Waals surface area (Å²) in [5, 5.41) is 7.01. The zero-order valence-electron chi connectivity index (χ0n) is 13.9. The van der Waals surface area contributed by atoms with Gasteiger partial charge in [0, 0.05) is 12.1 Å². The molecule has 3 heterocycles. The number of nitrogens with one attached hydrogen (secondary N) is 2. The van der Waals surface area contributed by atoms with Crippen LogP contribution in [-0.2, 0) is 9.47 Å². The van der Waals surface area contributed by atoms with Gasteiger partial charge in [-0.3, -0.25) is 10.6 Å². The van der Waals surface area contributed by atoms with Crippen LogP contribution >= 0.6 is 0 Å². The van der Waals surface area contributed by atoms with Gasteiger partial charge in [0.15, 0.2) is 12.5 Å². The van der Waals surface area contributed by atoms with Crippen molar-refractivity contribution in [1.29, 1.82) is 0 Å². The minimum Gasteiger partial charge on any atom is -0.356 e. The minimum atomic E-state index is -0.116. The molecular weight excluding hydrogens is 278 g/mol. The molecule has 2 aliphatic heterocycles. The van der Waals surface area contributed by atoms with E-state index >= 15 is 0 Å². The molecule has 1 aromatic rings. The average molecular weight is 305 g/mol. The number of aromatic nitrogens is 1. The number of pyridine rings is 1. The molecule has 0 amide bonds. The summed E-state index contributed by atoms with van der Waals surface area (Å²) in [5.74, 6) is 1.11. The number of hydrogen-bond donors (Lipinski definition) is 2. The lowest BCUT2D eigenvalue weighted by Gasteiger charge is -2.17. The second-order valence-corrected chi connectivity index (χ2v) is 6.95. The van der Waals surface area contributed by atoms with Crippen molar-refractivity contribution in [3.8, 4) is 0 Å². The summed E-state index contributed by atoms with van der Waals surface area (Å²) in [5.41, 5.74) is 1.86. The first kappa shape index (κ1) is 15.9. The van der Waals surface area contributed by atoms with E-state index in [0.29, 0.717) is 23.9 Å². The Hall–Kier alpha value is -1.01. The standard InChI is InChI=1S/C17H27N3O2/c1-10(2)14-8-21-16(19-14)12-6-5-7-13(18-12)17-20-15(9-22-17)11(3)4/h5-7,10-11,14-17,19-20H,8-9H2,1-4H3/t14-,15-,16?,17?/m1/s1. The zero-order chi connectivity index (χ0) is 15.7. The van der Waals surface area contributed by atoms with Gasteiger partial charge >= 0.3 is 0 Å². The van der Waals surface area contributed by atoms with Crippen molar-refractivity contribution in [3.63, 3.8) is 0 Å². The van der Waals surface area contributed by atoms with Crippen LogP contribution in [0, 0.1) is 11.8 Å². The lowest BCUT2D eigenvalue weighted by molar-refractivity contribution is 0.0884. The number of hydrogen-bond acceptors (Lipinski definition) is 5. The van der Waals surface area contributed by atoms with Gasteiger partial charge in [-0.25, -0.2) is 4.98 Å². The van der Waals surface area contributed by atoms with Crippen LogP contribution in [0.15, 0.2) is 18.2 Å². The molecule has 0 radical (unpaired) electrons. The molecule has 5 heteroatoms. The molecule has 2 unspecified atom stereocenters. The summed E-state index contributed by atoms with van der Waals surface area (Å²) >= 11 is 0. The van der Waals surface area contributed by atoms with Gasteiger partial charge in [0.25, 0.3) is 0 Å².